The zero-order valence-electron chi connectivity index (χ0n) is 12.0. The van der Waals surface area contributed by atoms with Crippen molar-refractivity contribution in [3.8, 4) is 18.1 Å². The molecule has 0 bridgehead atoms. The molecule has 0 saturated carbocycles. The van der Waals surface area contributed by atoms with E-state index in [0.29, 0.717) is 5.11 Å². The first kappa shape index (κ1) is 15.5. The van der Waals surface area contributed by atoms with Crippen molar-refractivity contribution in [3.63, 3.8) is 0 Å². The molecule has 0 aromatic heterocycles. The van der Waals surface area contributed by atoms with E-state index >= 15 is 0 Å². The molecule has 0 radical (unpaired) electrons. The van der Waals surface area contributed by atoms with Gasteiger partial charge in [0.1, 0.15) is 5.75 Å². The Morgan fingerprint density at radius 2 is 1.95 bits per heavy atom. The number of benzene rings is 2. The highest BCUT2D eigenvalue weighted by Crippen LogP contribution is 2.15. The number of hydrogen-bond acceptors (Lipinski definition) is 3. The molecule has 0 heterocycles. The summed E-state index contributed by atoms with van der Waals surface area (Å²) in [5, 5.41) is 7.46. The molecular formula is C17H15N3OS. The summed E-state index contributed by atoms with van der Waals surface area (Å²) in [6.07, 6.45) is 7.08. The van der Waals surface area contributed by atoms with Crippen LogP contribution in [0, 0.1) is 12.3 Å². The van der Waals surface area contributed by atoms with Crippen LogP contribution >= 0.6 is 12.2 Å². The molecule has 0 aliphatic rings. The monoisotopic (exact) mass is 309 g/mol. The zero-order chi connectivity index (χ0) is 15.8. The molecule has 2 N–H and O–H groups in total. The third-order valence-electron chi connectivity index (χ3n) is 2.84. The molecule has 0 aliphatic carbocycles. The van der Waals surface area contributed by atoms with Crippen LogP contribution in [0.1, 0.15) is 11.1 Å². The number of methoxy groups -OCH3 is 1. The molecule has 0 atom stereocenters. The first-order valence-electron chi connectivity index (χ1n) is 6.53. The van der Waals surface area contributed by atoms with Crippen molar-refractivity contribution >= 4 is 29.2 Å². The number of terminal acetylenes is 1. The van der Waals surface area contributed by atoms with Gasteiger partial charge in [-0.3, -0.25) is 5.43 Å². The van der Waals surface area contributed by atoms with Crippen molar-refractivity contribution in [2.45, 2.75) is 0 Å². The van der Waals surface area contributed by atoms with Crippen LogP contribution in [0.4, 0.5) is 5.69 Å². The Balaban J connectivity index is 1.98. The maximum Gasteiger partial charge on any atom is 0.191 e. The normalized spacial score (nSPS) is 10.0. The van der Waals surface area contributed by atoms with Gasteiger partial charge >= 0.3 is 0 Å². The number of nitrogens with one attached hydrogen (secondary N) is 2. The number of thiocarbonyl (C=S) groups is 1. The van der Waals surface area contributed by atoms with Gasteiger partial charge < -0.3 is 10.1 Å². The number of nitrogens with zero attached hydrogens (tertiary/aromatic N) is 1. The fourth-order valence-corrected chi connectivity index (χ4v) is 1.96. The van der Waals surface area contributed by atoms with Crippen LogP contribution in [0.15, 0.2) is 53.6 Å². The van der Waals surface area contributed by atoms with Gasteiger partial charge in [-0.15, -0.1) is 6.42 Å². The van der Waals surface area contributed by atoms with Gasteiger partial charge in [0, 0.05) is 11.1 Å². The molecule has 2 aromatic carbocycles. The van der Waals surface area contributed by atoms with Gasteiger partial charge in [0.05, 0.1) is 19.0 Å². The number of rotatable bonds is 4. The van der Waals surface area contributed by atoms with E-state index in [-0.39, 0.29) is 0 Å². The minimum atomic E-state index is 0.355. The number of para-hydroxylation sites is 2. The van der Waals surface area contributed by atoms with Crippen LogP contribution in [-0.4, -0.2) is 18.4 Å². The van der Waals surface area contributed by atoms with Crippen molar-refractivity contribution in [2.75, 3.05) is 12.4 Å². The van der Waals surface area contributed by atoms with E-state index in [9.17, 15) is 0 Å². The maximum absolute atomic E-state index is 5.44. The van der Waals surface area contributed by atoms with E-state index in [1.54, 1.807) is 13.3 Å². The summed E-state index contributed by atoms with van der Waals surface area (Å²) in [5.74, 6) is 3.33. The van der Waals surface area contributed by atoms with E-state index in [0.717, 1.165) is 22.6 Å². The SMILES string of the molecule is C#Cc1ccccc1NC(=S)NN=Cc1ccccc1OC. The predicted octanol–water partition coefficient (Wildman–Crippen LogP) is 3.00. The Bertz CT molecular complexity index is 735. The van der Waals surface area contributed by atoms with Crippen LogP contribution in [0.5, 0.6) is 5.75 Å². The van der Waals surface area contributed by atoms with Crippen molar-refractivity contribution in [2.24, 2.45) is 5.10 Å². The van der Waals surface area contributed by atoms with Gasteiger partial charge in [0.2, 0.25) is 0 Å². The second-order valence-corrected chi connectivity index (χ2v) is 4.66. The highest BCUT2D eigenvalue weighted by molar-refractivity contribution is 7.80. The lowest BCUT2D eigenvalue weighted by molar-refractivity contribution is 0.414. The Kier molecular flexibility index (Phi) is 5.52. The molecule has 4 nitrogen and oxygen atoms in total. The molecule has 2 rings (SSSR count). The van der Waals surface area contributed by atoms with E-state index in [2.05, 4.69) is 21.8 Å². The third-order valence-corrected chi connectivity index (χ3v) is 3.03. The Morgan fingerprint density at radius 1 is 1.23 bits per heavy atom. The van der Waals surface area contributed by atoms with Crippen molar-refractivity contribution < 1.29 is 4.74 Å². The summed E-state index contributed by atoms with van der Waals surface area (Å²) < 4.78 is 5.24. The van der Waals surface area contributed by atoms with Gasteiger partial charge in [-0.25, -0.2) is 0 Å². The molecular weight excluding hydrogens is 294 g/mol. The van der Waals surface area contributed by atoms with Crippen LogP contribution < -0.4 is 15.5 Å². The number of anilines is 1. The van der Waals surface area contributed by atoms with E-state index < -0.39 is 0 Å². The van der Waals surface area contributed by atoms with Gasteiger partial charge in [0.15, 0.2) is 5.11 Å². The minimum absolute atomic E-state index is 0.355. The van der Waals surface area contributed by atoms with Gasteiger partial charge in [-0.05, 0) is 36.5 Å². The molecule has 0 saturated heterocycles. The Morgan fingerprint density at radius 3 is 2.73 bits per heavy atom. The predicted molar refractivity (Wildman–Crippen MR) is 94.3 cm³/mol. The highest BCUT2D eigenvalue weighted by Gasteiger charge is 2.01. The first-order chi connectivity index (χ1) is 10.7. The molecule has 2 aromatic rings. The van der Waals surface area contributed by atoms with Crippen LogP contribution in [0.2, 0.25) is 0 Å². The lowest BCUT2D eigenvalue weighted by Gasteiger charge is -2.09. The van der Waals surface area contributed by atoms with Crippen molar-refractivity contribution in [1.82, 2.24) is 5.43 Å². The highest BCUT2D eigenvalue weighted by atomic mass is 32.1. The van der Waals surface area contributed by atoms with Crippen molar-refractivity contribution in [3.05, 3.63) is 59.7 Å². The summed E-state index contributed by atoms with van der Waals surface area (Å²) in [6.45, 7) is 0. The molecule has 0 spiro atoms. The number of hydrogen-bond donors (Lipinski definition) is 2. The van der Waals surface area contributed by atoms with Gasteiger partial charge in [-0.2, -0.15) is 5.10 Å². The first-order valence-corrected chi connectivity index (χ1v) is 6.94. The summed E-state index contributed by atoms with van der Waals surface area (Å²) >= 11 is 5.18. The smallest absolute Gasteiger partial charge is 0.191 e. The zero-order valence-corrected chi connectivity index (χ0v) is 12.9. The van der Waals surface area contributed by atoms with Crippen LogP contribution in [0.3, 0.4) is 0 Å². The molecule has 0 amide bonds. The summed E-state index contributed by atoms with van der Waals surface area (Å²) in [7, 11) is 1.61. The van der Waals surface area contributed by atoms with Gasteiger partial charge in [-0.1, -0.05) is 30.2 Å². The second kappa shape index (κ2) is 7.81. The third kappa shape index (κ3) is 4.08. The minimum Gasteiger partial charge on any atom is -0.496 e. The second-order valence-electron chi connectivity index (χ2n) is 4.26. The van der Waals surface area contributed by atoms with Crippen molar-refractivity contribution in [1.29, 1.82) is 0 Å². The fourth-order valence-electron chi connectivity index (χ4n) is 1.80. The largest absolute Gasteiger partial charge is 0.496 e. The topological polar surface area (TPSA) is 45.7 Å². The summed E-state index contributed by atoms with van der Waals surface area (Å²) in [5.41, 5.74) is 5.09. The molecule has 22 heavy (non-hydrogen) atoms. The lowest BCUT2D eigenvalue weighted by atomic mass is 10.2. The van der Waals surface area contributed by atoms with E-state index in [1.807, 2.05) is 48.5 Å². The number of hydrazone groups is 1. The standard InChI is InChI=1S/C17H15N3OS/c1-3-13-8-4-6-10-15(13)19-17(22)20-18-12-14-9-5-7-11-16(14)21-2/h1,4-12H,2H3,(H2,19,20,22). The Labute approximate surface area is 135 Å². The van der Waals surface area contributed by atoms with Crippen LogP contribution in [0.25, 0.3) is 0 Å². The molecule has 5 heteroatoms. The molecule has 110 valence electrons. The van der Waals surface area contributed by atoms with E-state index in [1.165, 1.54) is 0 Å². The average molecular weight is 309 g/mol. The summed E-state index contributed by atoms with van der Waals surface area (Å²) in [6, 6.07) is 15.0. The van der Waals surface area contributed by atoms with E-state index in [4.69, 9.17) is 23.4 Å². The molecule has 0 aliphatic heterocycles. The van der Waals surface area contributed by atoms with Gasteiger partial charge in [0.25, 0.3) is 0 Å². The average Bonchev–Trinajstić information content (AvgIpc) is 2.55. The lowest BCUT2D eigenvalue weighted by Crippen LogP contribution is -2.24. The quantitative estimate of drug-likeness (QED) is 0.394. The maximum atomic E-state index is 5.44. The Hall–Kier alpha value is -2.84. The summed E-state index contributed by atoms with van der Waals surface area (Å²) in [4.78, 5) is 0. The fraction of sp³-hybridized carbons (Fsp3) is 0.0588. The van der Waals surface area contributed by atoms with Crippen LogP contribution in [-0.2, 0) is 0 Å². The number of ether oxygens (including phenoxy) is 1. The molecule has 0 unspecified atom stereocenters. The molecule has 0 fully saturated rings.